The van der Waals surface area contributed by atoms with E-state index in [1.165, 1.54) is 0 Å². The van der Waals surface area contributed by atoms with Crippen LogP contribution in [0.25, 0.3) is 22.2 Å². The van der Waals surface area contributed by atoms with Gasteiger partial charge < -0.3 is 15.0 Å². The van der Waals surface area contributed by atoms with Gasteiger partial charge in [-0.05, 0) is 62.3 Å². The van der Waals surface area contributed by atoms with Crippen LogP contribution in [0.15, 0.2) is 30.3 Å². The maximum Gasteiger partial charge on any atom is 0.283 e. The molecular formula is C30H38N6O5S. The van der Waals surface area contributed by atoms with Crippen molar-refractivity contribution in [2.24, 2.45) is 11.8 Å². The van der Waals surface area contributed by atoms with E-state index in [4.69, 9.17) is 9.84 Å². The van der Waals surface area contributed by atoms with Crippen LogP contribution < -0.4 is 14.8 Å². The van der Waals surface area contributed by atoms with Crippen LogP contribution in [0.2, 0.25) is 0 Å². The molecule has 3 aromatic rings. The molecule has 2 aliphatic heterocycles. The van der Waals surface area contributed by atoms with Crippen LogP contribution in [0.1, 0.15) is 72.8 Å². The Morgan fingerprint density at radius 3 is 2.33 bits per heavy atom. The molecule has 0 radical (unpaired) electrons. The van der Waals surface area contributed by atoms with E-state index < -0.39 is 15.9 Å². The first-order chi connectivity index (χ1) is 20.1. The molecule has 11 nitrogen and oxygen atoms in total. The van der Waals surface area contributed by atoms with Crippen molar-refractivity contribution in [2.45, 2.75) is 58.1 Å². The van der Waals surface area contributed by atoms with Gasteiger partial charge in [0.1, 0.15) is 5.69 Å². The molecule has 42 heavy (non-hydrogen) atoms. The highest BCUT2D eigenvalue weighted by Gasteiger charge is 2.38. The number of nitrogens with one attached hydrogen (secondary N) is 2. The van der Waals surface area contributed by atoms with Crippen molar-refractivity contribution in [3.63, 3.8) is 0 Å². The Balaban J connectivity index is 1.43. The van der Waals surface area contributed by atoms with Gasteiger partial charge in [-0.15, -0.1) is 5.10 Å². The summed E-state index contributed by atoms with van der Waals surface area (Å²) >= 11 is 0. The molecule has 2 N–H and O–H groups in total. The van der Waals surface area contributed by atoms with Gasteiger partial charge in [-0.2, -0.15) is 0 Å². The molecule has 1 aromatic carbocycles. The van der Waals surface area contributed by atoms with Crippen LogP contribution in [0.5, 0.6) is 5.88 Å². The number of pyridine rings is 1. The molecule has 224 valence electrons. The predicted molar refractivity (Wildman–Crippen MR) is 159 cm³/mol. The number of amides is 2. The second-order valence-corrected chi connectivity index (χ2v) is 13.9. The molecule has 1 aliphatic carbocycles. The summed E-state index contributed by atoms with van der Waals surface area (Å²) in [5.74, 6) is 0.632. The van der Waals surface area contributed by atoms with Gasteiger partial charge >= 0.3 is 0 Å². The first-order valence-corrected chi connectivity index (χ1v) is 16.7. The van der Waals surface area contributed by atoms with Gasteiger partial charge in [0, 0.05) is 37.3 Å². The highest BCUT2D eigenvalue weighted by atomic mass is 32.2. The molecule has 12 heteroatoms. The van der Waals surface area contributed by atoms with E-state index in [2.05, 4.69) is 10.3 Å². The fourth-order valence-electron chi connectivity index (χ4n) is 6.55. The van der Waals surface area contributed by atoms with Crippen molar-refractivity contribution < 1.29 is 22.7 Å². The first kappa shape index (κ1) is 28.6. The fraction of sp³-hybridized carbons (Fsp3) is 0.533. The van der Waals surface area contributed by atoms with Gasteiger partial charge in [0.15, 0.2) is 5.65 Å². The van der Waals surface area contributed by atoms with Crippen molar-refractivity contribution in [3.8, 4) is 17.0 Å². The molecular weight excluding hydrogens is 556 g/mol. The summed E-state index contributed by atoms with van der Waals surface area (Å²) in [4.78, 5) is 33.0. The summed E-state index contributed by atoms with van der Waals surface area (Å²) in [6.45, 7) is 7.29. The normalized spacial score (nSPS) is 21.2. The van der Waals surface area contributed by atoms with Crippen molar-refractivity contribution >= 4 is 32.9 Å². The molecule has 4 heterocycles. The Labute approximate surface area is 246 Å². The average molecular weight is 595 g/mol. The van der Waals surface area contributed by atoms with Crippen LogP contribution in [0.4, 0.5) is 0 Å². The zero-order chi connectivity index (χ0) is 29.6. The second kappa shape index (κ2) is 11.3. The lowest BCUT2D eigenvalue weighted by atomic mass is 9.95. The van der Waals surface area contributed by atoms with E-state index in [1.54, 1.807) is 18.2 Å². The third-order valence-corrected chi connectivity index (χ3v) is 9.08. The zero-order valence-electron chi connectivity index (χ0n) is 24.3. The van der Waals surface area contributed by atoms with Gasteiger partial charge in [0.25, 0.3) is 11.8 Å². The predicted octanol–water partition coefficient (Wildman–Crippen LogP) is 3.37. The standard InChI is InChI=1S/C30H38N6O5S/c1-18(2)41-29-26-24(19-9-11-20(12-10-19)30(38)35-16-21-14-31-15-22(21)17-35)13-25(28(37)34-42(3,39)40)32-27(26)36(33-29)23-7-5-4-6-8-23/h9-13,18,21-23,31H,4-8,14-17H2,1-3H3,(H,34,37). The average Bonchev–Trinajstić information content (AvgIpc) is 3.66. The molecule has 2 aromatic heterocycles. The summed E-state index contributed by atoms with van der Waals surface area (Å²) < 4.78 is 33.9. The number of ether oxygens (including phenoxy) is 1. The topological polar surface area (TPSA) is 136 Å². The Morgan fingerprint density at radius 1 is 1.05 bits per heavy atom. The second-order valence-electron chi connectivity index (χ2n) is 12.1. The van der Waals surface area contributed by atoms with Crippen LogP contribution in [-0.4, -0.2) is 78.4 Å². The number of nitrogens with zero attached hydrogens (tertiary/aromatic N) is 4. The Kier molecular flexibility index (Phi) is 7.69. The van der Waals surface area contributed by atoms with Gasteiger partial charge in [-0.1, -0.05) is 31.4 Å². The minimum atomic E-state index is -3.81. The molecule has 0 bridgehead atoms. The van der Waals surface area contributed by atoms with E-state index in [-0.39, 0.29) is 23.7 Å². The minimum absolute atomic E-state index is 0.0120. The molecule has 0 spiro atoms. The number of aromatic nitrogens is 3. The van der Waals surface area contributed by atoms with Gasteiger partial charge in [-0.25, -0.2) is 22.8 Å². The lowest BCUT2D eigenvalue weighted by Crippen LogP contribution is -2.31. The number of likely N-dealkylation sites (tertiary alicyclic amines) is 1. The molecule has 3 fully saturated rings. The van der Waals surface area contributed by atoms with Gasteiger partial charge in [0.05, 0.1) is 23.8 Å². The molecule has 1 saturated carbocycles. The maximum absolute atomic E-state index is 13.3. The third-order valence-electron chi connectivity index (χ3n) is 8.53. The number of rotatable bonds is 7. The molecule has 2 amide bonds. The molecule has 2 atom stereocenters. The molecule has 6 rings (SSSR count). The first-order valence-electron chi connectivity index (χ1n) is 14.8. The number of benzene rings is 1. The van der Waals surface area contributed by atoms with Crippen molar-refractivity contribution in [2.75, 3.05) is 32.4 Å². The number of fused-ring (bicyclic) bond motifs is 2. The van der Waals surface area contributed by atoms with Crippen LogP contribution >= 0.6 is 0 Å². The van der Waals surface area contributed by atoms with E-state index >= 15 is 0 Å². The number of hydrogen-bond acceptors (Lipinski definition) is 8. The summed E-state index contributed by atoms with van der Waals surface area (Å²) in [6.07, 6.45) is 5.94. The number of carbonyl (C=O) groups excluding carboxylic acids is 2. The van der Waals surface area contributed by atoms with Crippen molar-refractivity contribution in [1.82, 2.24) is 29.7 Å². The summed E-state index contributed by atoms with van der Waals surface area (Å²) in [5, 5.41) is 8.92. The van der Waals surface area contributed by atoms with Crippen molar-refractivity contribution in [1.29, 1.82) is 0 Å². The maximum atomic E-state index is 13.3. The lowest BCUT2D eigenvalue weighted by molar-refractivity contribution is 0.0781. The molecule has 3 aliphatic rings. The highest BCUT2D eigenvalue weighted by Crippen LogP contribution is 2.39. The Morgan fingerprint density at radius 2 is 1.71 bits per heavy atom. The zero-order valence-corrected chi connectivity index (χ0v) is 25.1. The fourth-order valence-corrected chi connectivity index (χ4v) is 6.99. The number of hydrogen-bond donors (Lipinski definition) is 2. The van der Waals surface area contributed by atoms with E-state index in [0.717, 1.165) is 70.1 Å². The third kappa shape index (κ3) is 5.74. The quantitative estimate of drug-likeness (QED) is 0.425. The van der Waals surface area contributed by atoms with E-state index in [0.29, 0.717) is 39.9 Å². The van der Waals surface area contributed by atoms with Crippen LogP contribution in [0.3, 0.4) is 0 Å². The van der Waals surface area contributed by atoms with Crippen LogP contribution in [0, 0.1) is 11.8 Å². The van der Waals surface area contributed by atoms with Gasteiger partial charge in [0.2, 0.25) is 15.9 Å². The molecule has 2 saturated heterocycles. The smallest absolute Gasteiger partial charge is 0.283 e. The Bertz CT molecular complexity index is 1600. The van der Waals surface area contributed by atoms with E-state index in [1.807, 2.05) is 40.3 Å². The number of sulfonamides is 1. The lowest BCUT2D eigenvalue weighted by Gasteiger charge is -2.22. The largest absolute Gasteiger partial charge is 0.473 e. The monoisotopic (exact) mass is 594 g/mol. The van der Waals surface area contributed by atoms with E-state index in [9.17, 15) is 18.0 Å². The van der Waals surface area contributed by atoms with Crippen molar-refractivity contribution in [3.05, 3.63) is 41.6 Å². The van der Waals surface area contributed by atoms with Gasteiger partial charge in [-0.3, -0.25) is 9.59 Å². The minimum Gasteiger partial charge on any atom is -0.473 e. The van der Waals surface area contributed by atoms with Crippen LogP contribution in [-0.2, 0) is 10.0 Å². The summed E-state index contributed by atoms with van der Waals surface area (Å²) in [6, 6.07) is 9.00. The summed E-state index contributed by atoms with van der Waals surface area (Å²) in [5.41, 5.74) is 2.42. The highest BCUT2D eigenvalue weighted by molar-refractivity contribution is 7.89. The summed E-state index contributed by atoms with van der Waals surface area (Å²) in [7, 11) is -3.81. The number of carbonyl (C=O) groups is 2. The molecule has 2 unspecified atom stereocenters. The Hall–Kier alpha value is -3.51. The SMILES string of the molecule is CC(C)Oc1nn(C2CCCCC2)c2nc(C(=O)NS(C)(=O)=O)cc(-c3ccc(C(=O)N4CC5CNCC5C4)cc3)c12.